The number of para-hydroxylation sites is 1. The van der Waals surface area contributed by atoms with Crippen LogP contribution in [0.5, 0.6) is 5.75 Å². The third kappa shape index (κ3) is 1.25. The van der Waals surface area contributed by atoms with E-state index >= 15 is 0 Å². The number of rotatable bonds is 2. The zero-order chi connectivity index (χ0) is 10.1. The molecule has 1 aromatic rings. The van der Waals surface area contributed by atoms with Crippen molar-refractivity contribution in [3.05, 3.63) is 29.3 Å². The fraction of sp³-hybridized carbons (Fsp3) is 0.364. The largest absolute Gasteiger partial charge is 0.492 e. The quantitative estimate of drug-likeness (QED) is 0.777. The Bertz CT molecular complexity index is 371. The third-order valence-electron chi connectivity index (χ3n) is 2.58. The zero-order valence-electron chi connectivity index (χ0n) is 7.99. The monoisotopic (exact) mass is 192 g/mol. The second-order valence-corrected chi connectivity index (χ2v) is 3.39. The van der Waals surface area contributed by atoms with Gasteiger partial charge < -0.3 is 9.84 Å². The molecule has 0 radical (unpaired) electrons. The van der Waals surface area contributed by atoms with Crippen LogP contribution in [-0.4, -0.2) is 17.7 Å². The Hall–Kier alpha value is -1.51. The van der Waals surface area contributed by atoms with Gasteiger partial charge in [-0.05, 0) is 12.0 Å². The van der Waals surface area contributed by atoms with Gasteiger partial charge in [0.2, 0.25) is 0 Å². The smallest absolute Gasteiger partial charge is 0.314 e. The summed E-state index contributed by atoms with van der Waals surface area (Å²) in [6.07, 6.45) is 0.871. The van der Waals surface area contributed by atoms with Crippen LogP contribution in [0.4, 0.5) is 0 Å². The number of benzene rings is 1. The molecule has 0 amide bonds. The first-order valence-corrected chi connectivity index (χ1v) is 4.71. The fourth-order valence-electron chi connectivity index (χ4n) is 1.79. The van der Waals surface area contributed by atoms with Crippen molar-refractivity contribution in [3.8, 4) is 5.75 Å². The SMILES string of the molecule is CCc1cccc2c1OCC2C(=O)O. The predicted octanol–water partition coefficient (Wildman–Crippen LogP) is 1.81. The van der Waals surface area contributed by atoms with Gasteiger partial charge >= 0.3 is 5.97 Å². The number of ether oxygens (including phenoxy) is 1. The van der Waals surface area contributed by atoms with Gasteiger partial charge in [0, 0.05) is 5.56 Å². The van der Waals surface area contributed by atoms with Crippen molar-refractivity contribution in [2.45, 2.75) is 19.3 Å². The fourth-order valence-corrected chi connectivity index (χ4v) is 1.79. The molecule has 1 atom stereocenters. The molecule has 0 spiro atoms. The van der Waals surface area contributed by atoms with Gasteiger partial charge in [-0.15, -0.1) is 0 Å². The van der Waals surface area contributed by atoms with E-state index in [0.717, 1.165) is 23.3 Å². The molecule has 1 aromatic carbocycles. The molecule has 74 valence electrons. The van der Waals surface area contributed by atoms with Crippen LogP contribution in [0.1, 0.15) is 24.0 Å². The maximum absolute atomic E-state index is 10.9. The van der Waals surface area contributed by atoms with Crippen LogP contribution >= 0.6 is 0 Å². The van der Waals surface area contributed by atoms with Gasteiger partial charge in [0.25, 0.3) is 0 Å². The summed E-state index contributed by atoms with van der Waals surface area (Å²) < 4.78 is 5.41. The van der Waals surface area contributed by atoms with Crippen molar-refractivity contribution < 1.29 is 14.6 Å². The number of carboxylic acid groups (broad SMARTS) is 1. The Kier molecular flexibility index (Phi) is 2.15. The minimum atomic E-state index is -0.808. The molecule has 0 aromatic heterocycles. The molecule has 3 heteroatoms. The number of hydrogen-bond acceptors (Lipinski definition) is 2. The molecule has 14 heavy (non-hydrogen) atoms. The van der Waals surface area contributed by atoms with Crippen LogP contribution in [0.25, 0.3) is 0 Å². The standard InChI is InChI=1S/C11H12O3/c1-2-7-4-3-5-8-9(11(12)13)6-14-10(7)8/h3-5,9H,2,6H2,1H3,(H,12,13). The van der Waals surface area contributed by atoms with Gasteiger partial charge in [0.1, 0.15) is 18.3 Å². The van der Waals surface area contributed by atoms with Gasteiger partial charge in [-0.3, -0.25) is 4.79 Å². The van der Waals surface area contributed by atoms with E-state index < -0.39 is 11.9 Å². The average Bonchev–Trinajstić information content (AvgIpc) is 2.60. The molecule has 0 saturated carbocycles. The van der Waals surface area contributed by atoms with Gasteiger partial charge in [-0.25, -0.2) is 0 Å². The molecule has 1 N–H and O–H groups in total. The maximum atomic E-state index is 10.9. The van der Waals surface area contributed by atoms with E-state index in [2.05, 4.69) is 0 Å². The highest BCUT2D eigenvalue weighted by molar-refractivity contribution is 5.79. The van der Waals surface area contributed by atoms with E-state index in [9.17, 15) is 4.79 Å². The van der Waals surface area contributed by atoms with E-state index in [1.54, 1.807) is 0 Å². The Labute approximate surface area is 82.3 Å². The lowest BCUT2D eigenvalue weighted by Crippen LogP contribution is -2.12. The Balaban J connectivity index is 2.46. The Morgan fingerprint density at radius 2 is 2.43 bits per heavy atom. The first-order valence-electron chi connectivity index (χ1n) is 4.71. The van der Waals surface area contributed by atoms with Crippen molar-refractivity contribution in [3.63, 3.8) is 0 Å². The van der Waals surface area contributed by atoms with Crippen LogP contribution < -0.4 is 4.74 Å². The van der Waals surface area contributed by atoms with Crippen LogP contribution in [-0.2, 0) is 11.2 Å². The van der Waals surface area contributed by atoms with Gasteiger partial charge in [0.05, 0.1) is 0 Å². The zero-order valence-corrected chi connectivity index (χ0v) is 7.99. The minimum absolute atomic E-state index is 0.266. The Morgan fingerprint density at radius 1 is 1.64 bits per heavy atom. The Morgan fingerprint density at radius 3 is 3.07 bits per heavy atom. The van der Waals surface area contributed by atoms with E-state index in [1.807, 2.05) is 25.1 Å². The number of carboxylic acids is 1. The molecule has 0 aliphatic carbocycles. The molecule has 1 aliphatic heterocycles. The highest BCUT2D eigenvalue weighted by atomic mass is 16.5. The number of aryl methyl sites for hydroxylation is 1. The van der Waals surface area contributed by atoms with Crippen LogP contribution in [0.2, 0.25) is 0 Å². The summed E-state index contributed by atoms with van der Waals surface area (Å²) >= 11 is 0. The van der Waals surface area contributed by atoms with E-state index in [1.165, 1.54) is 0 Å². The molecule has 1 heterocycles. The number of fused-ring (bicyclic) bond motifs is 1. The number of aliphatic carboxylic acids is 1. The first-order chi connectivity index (χ1) is 6.74. The third-order valence-corrected chi connectivity index (χ3v) is 2.58. The van der Waals surface area contributed by atoms with Crippen molar-refractivity contribution >= 4 is 5.97 Å². The predicted molar refractivity (Wildman–Crippen MR) is 51.7 cm³/mol. The van der Waals surface area contributed by atoms with Crippen LogP contribution in [0.3, 0.4) is 0 Å². The van der Waals surface area contributed by atoms with Crippen molar-refractivity contribution in [2.24, 2.45) is 0 Å². The van der Waals surface area contributed by atoms with Crippen molar-refractivity contribution in [2.75, 3.05) is 6.61 Å². The summed E-state index contributed by atoms with van der Waals surface area (Å²) in [5.41, 5.74) is 1.91. The van der Waals surface area contributed by atoms with Gasteiger partial charge in [-0.2, -0.15) is 0 Å². The molecule has 2 rings (SSSR count). The summed E-state index contributed by atoms with van der Waals surface area (Å²) in [4.78, 5) is 10.9. The summed E-state index contributed by atoms with van der Waals surface area (Å²) in [6.45, 7) is 2.30. The van der Waals surface area contributed by atoms with E-state index in [-0.39, 0.29) is 6.61 Å². The van der Waals surface area contributed by atoms with E-state index in [4.69, 9.17) is 9.84 Å². The van der Waals surface area contributed by atoms with E-state index in [0.29, 0.717) is 0 Å². The summed E-state index contributed by atoms with van der Waals surface area (Å²) in [5, 5.41) is 8.94. The van der Waals surface area contributed by atoms with Crippen LogP contribution in [0.15, 0.2) is 18.2 Å². The molecule has 0 fully saturated rings. The van der Waals surface area contributed by atoms with Crippen LogP contribution in [0, 0.1) is 0 Å². The first kappa shape index (κ1) is 9.06. The lowest BCUT2D eigenvalue weighted by atomic mass is 9.98. The highest BCUT2D eigenvalue weighted by Crippen LogP contribution is 2.36. The lowest BCUT2D eigenvalue weighted by Gasteiger charge is -2.04. The molecule has 3 nitrogen and oxygen atoms in total. The normalized spacial score (nSPS) is 18.8. The molecule has 1 aliphatic rings. The number of hydrogen-bond donors (Lipinski definition) is 1. The highest BCUT2D eigenvalue weighted by Gasteiger charge is 2.31. The summed E-state index contributed by atoms with van der Waals surface area (Å²) in [6, 6.07) is 5.70. The van der Waals surface area contributed by atoms with Crippen molar-refractivity contribution in [1.29, 1.82) is 0 Å². The molecule has 0 saturated heterocycles. The minimum Gasteiger partial charge on any atom is -0.492 e. The topological polar surface area (TPSA) is 46.5 Å². The van der Waals surface area contributed by atoms with Gasteiger partial charge in [0.15, 0.2) is 0 Å². The average molecular weight is 192 g/mol. The second kappa shape index (κ2) is 3.33. The maximum Gasteiger partial charge on any atom is 0.314 e. The molecule has 1 unspecified atom stereocenters. The van der Waals surface area contributed by atoms with Gasteiger partial charge in [-0.1, -0.05) is 25.1 Å². The lowest BCUT2D eigenvalue weighted by molar-refractivity contribution is -0.138. The molecular weight excluding hydrogens is 180 g/mol. The second-order valence-electron chi connectivity index (χ2n) is 3.39. The summed E-state index contributed by atoms with van der Waals surface area (Å²) in [7, 11) is 0. The molecule has 0 bridgehead atoms. The summed E-state index contributed by atoms with van der Waals surface area (Å²) in [5.74, 6) is -0.518. The number of carbonyl (C=O) groups is 1. The van der Waals surface area contributed by atoms with Crippen molar-refractivity contribution in [1.82, 2.24) is 0 Å². The molecular formula is C11H12O3.